The van der Waals surface area contributed by atoms with Gasteiger partial charge in [0, 0.05) is 19.1 Å². The molecule has 0 N–H and O–H groups in total. The molecule has 0 saturated carbocycles. The molecule has 0 spiro atoms. The van der Waals surface area contributed by atoms with Crippen molar-refractivity contribution in [3.8, 4) is 0 Å². The Morgan fingerprint density at radius 2 is 1.11 bits per heavy atom. The van der Waals surface area contributed by atoms with E-state index in [0.29, 0.717) is 5.92 Å². The van der Waals surface area contributed by atoms with Crippen molar-refractivity contribution < 1.29 is 8.85 Å². The standard InChI is InChI=1S/C24H42O2Si2/c1-20(23-16-8-12-21(23)14-10-18-25-27(2,3)4)24-17-9-13-22(24)15-11-19-26-28(5,6)7/h12-13,16-17,20H,8-11,14-15,18-19H2,1-7H3. The smallest absolute Gasteiger partial charge is 0.183 e. The minimum absolute atomic E-state index is 0.512. The number of hydrogen-bond donors (Lipinski definition) is 0. The summed E-state index contributed by atoms with van der Waals surface area (Å²) in [5.41, 5.74) is 6.23. The summed E-state index contributed by atoms with van der Waals surface area (Å²) in [6.07, 6.45) is 16.5. The third-order valence-electron chi connectivity index (χ3n) is 5.33. The summed E-state index contributed by atoms with van der Waals surface area (Å²) in [5, 5.41) is 0. The fraction of sp³-hybridized carbons (Fsp3) is 0.667. The second-order valence-electron chi connectivity index (χ2n) is 10.1. The average Bonchev–Trinajstić information content (AvgIpc) is 3.22. The normalized spacial score (nSPS) is 17.7. The molecule has 2 nitrogen and oxygen atoms in total. The highest BCUT2D eigenvalue weighted by Crippen LogP contribution is 2.39. The maximum Gasteiger partial charge on any atom is 0.183 e. The van der Waals surface area contributed by atoms with Crippen LogP contribution in [0.1, 0.15) is 45.4 Å². The molecule has 0 fully saturated rings. The zero-order valence-electron chi connectivity index (χ0n) is 19.4. The van der Waals surface area contributed by atoms with Crippen LogP contribution in [-0.2, 0) is 8.85 Å². The molecule has 0 aliphatic heterocycles. The largest absolute Gasteiger partial charge is 0.418 e. The first-order chi connectivity index (χ1) is 13.1. The van der Waals surface area contributed by atoms with Crippen LogP contribution < -0.4 is 0 Å². The van der Waals surface area contributed by atoms with Gasteiger partial charge in [-0.15, -0.1) is 0 Å². The maximum absolute atomic E-state index is 6.04. The molecule has 0 atom stereocenters. The van der Waals surface area contributed by atoms with Crippen LogP contribution in [-0.4, -0.2) is 29.8 Å². The molecule has 0 heterocycles. The van der Waals surface area contributed by atoms with Crippen molar-refractivity contribution in [3.63, 3.8) is 0 Å². The Labute approximate surface area is 176 Å². The van der Waals surface area contributed by atoms with Gasteiger partial charge >= 0.3 is 0 Å². The lowest BCUT2D eigenvalue weighted by atomic mass is 9.84. The van der Waals surface area contributed by atoms with Gasteiger partial charge in [0.2, 0.25) is 0 Å². The van der Waals surface area contributed by atoms with E-state index < -0.39 is 16.6 Å². The highest BCUT2D eigenvalue weighted by molar-refractivity contribution is 6.70. The summed E-state index contributed by atoms with van der Waals surface area (Å²) < 4.78 is 12.1. The zero-order chi connectivity index (χ0) is 20.8. The molecule has 4 heteroatoms. The van der Waals surface area contributed by atoms with Crippen molar-refractivity contribution in [2.75, 3.05) is 13.2 Å². The van der Waals surface area contributed by atoms with Crippen molar-refractivity contribution >= 4 is 16.6 Å². The molecule has 2 aliphatic rings. The van der Waals surface area contributed by atoms with E-state index in [1.165, 1.54) is 0 Å². The van der Waals surface area contributed by atoms with Gasteiger partial charge in [0.25, 0.3) is 0 Å². The van der Waals surface area contributed by atoms with Crippen LogP contribution in [0.2, 0.25) is 39.3 Å². The van der Waals surface area contributed by atoms with Crippen molar-refractivity contribution in [2.24, 2.45) is 5.92 Å². The molecular formula is C24H42O2Si2. The number of allylic oxidation sites excluding steroid dienone is 8. The molecule has 158 valence electrons. The Morgan fingerprint density at radius 3 is 1.46 bits per heavy atom. The van der Waals surface area contributed by atoms with Gasteiger partial charge < -0.3 is 8.85 Å². The van der Waals surface area contributed by atoms with Gasteiger partial charge in [-0.3, -0.25) is 0 Å². The van der Waals surface area contributed by atoms with Crippen LogP contribution in [0.3, 0.4) is 0 Å². The molecule has 0 aromatic rings. The fourth-order valence-electron chi connectivity index (χ4n) is 4.01. The summed E-state index contributed by atoms with van der Waals surface area (Å²) in [4.78, 5) is 0. The molecule has 0 unspecified atom stereocenters. The van der Waals surface area contributed by atoms with E-state index in [9.17, 15) is 0 Å². The maximum atomic E-state index is 6.04. The number of hydrogen-bond acceptors (Lipinski definition) is 2. The molecule has 0 amide bonds. The topological polar surface area (TPSA) is 18.5 Å². The van der Waals surface area contributed by atoms with Gasteiger partial charge in [0.15, 0.2) is 16.6 Å². The predicted molar refractivity (Wildman–Crippen MR) is 128 cm³/mol. The third kappa shape index (κ3) is 7.98. The molecule has 28 heavy (non-hydrogen) atoms. The van der Waals surface area contributed by atoms with Crippen LogP contribution >= 0.6 is 0 Å². The Bertz CT molecular complexity index is 586. The summed E-state index contributed by atoms with van der Waals surface area (Å²) in [6.45, 7) is 17.8. The van der Waals surface area contributed by atoms with E-state index in [1.807, 2.05) is 0 Å². The van der Waals surface area contributed by atoms with E-state index >= 15 is 0 Å². The second kappa shape index (κ2) is 10.4. The molecule has 2 rings (SSSR count). The lowest BCUT2D eigenvalue weighted by molar-refractivity contribution is 0.305. The molecule has 0 aromatic carbocycles. The van der Waals surface area contributed by atoms with Gasteiger partial charge in [-0.25, -0.2) is 0 Å². The Hall–Kier alpha value is -0.686. The van der Waals surface area contributed by atoms with Crippen LogP contribution in [0.4, 0.5) is 0 Å². The van der Waals surface area contributed by atoms with Crippen LogP contribution in [0.25, 0.3) is 0 Å². The molecule has 0 radical (unpaired) electrons. The predicted octanol–water partition coefficient (Wildman–Crippen LogP) is 7.40. The van der Waals surface area contributed by atoms with Gasteiger partial charge in [0.1, 0.15) is 0 Å². The minimum Gasteiger partial charge on any atom is -0.418 e. The molecular weight excluding hydrogens is 376 g/mol. The van der Waals surface area contributed by atoms with Crippen molar-refractivity contribution in [1.82, 2.24) is 0 Å². The molecule has 0 bridgehead atoms. The quantitative estimate of drug-likeness (QED) is 0.243. The van der Waals surface area contributed by atoms with Crippen molar-refractivity contribution in [1.29, 1.82) is 0 Å². The van der Waals surface area contributed by atoms with Crippen LogP contribution in [0, 0.1) is 5.92 Å². The first kappa shape index (κ1) is 23.6. The SMILES string of the molecule is CC(C1=CCC=C1CCCO[Si](C)(C)C)C1=CCC=C1CCCO[Si](C)(C)C. The summed E-state index contributed by atoms with van der Waals surface area (Å²) in [7, 11) is -2.78. The Morgan fingerprint density at radius 1 is 0.714 bits per heavy atom. The third-order valence-corrected chi connectivity index (χ3v) is 7.47. The van der Waals surface area contributed by atoms with Gasteiger partial charge in [-0.2, -0.15) is 0 Å². The summed E-state index contributed by atoms with van der Waals surface area (Å²) >= 11 is 0. The van der Waals surface area contributed by atoms with Gasteiger partial charge in [-0.05, 0) is 100 Å². The summed E-state index contributed by atoms with van der Waals surface area (Å²) in [6, 6.07) is 0. The highest BCUT2D eigenvalue weighted by atomic mass is 28.4. The van der Waals surface area contributed by atoms with E-state index in [2.05, 4.69) is 70.5 Å². The average molecular weight is 419 g/mol. The Kier molecular flexibility index (Phi) is 8.74. The van der Waals surface area contributed by atoms with E-state index in [4.69, 9.17) is 8.85 Å². The zero-order valence-corrected chi connectivity index (χ0v) is 21.4. The van der Waals surface area contributed by atoms with E-state index in [-0.39, 0.29) is 0 Å². The van der Waals surface area contributed by atoms with E-state index in [0.717, 1.165) is 51.7 Å². The molecule has 0 aromatic heterocycles. The van der Waals surface area contributed by atoms with Crippen LogP contribution in [0.5, 0.6) is 0 Å². The lowest BCUT2D eigenvalue weighted by Gasteiger charge is -2.22. The van der Waals surface area contributed by atoms with Gasteiger partial charge in [0.05, 0.1) is 0 Å². The minimum atomic E-state index is -1.39. The second-order valence-corrected chi connectivity index (χ2v) is 19.1. The molecule has 2 aliphatic carbocycles. The van der Waals surface area contributed by atoms with Crippen molar-refractivity contribution in [2.45, 2.75) is 84.7 Å². The first-order valence-corrected chi connectivity index (χ1v) is 18.0. The Balaban J connectivity index is 1.84. The molecule has 0 saturated heterocycles. The lowest BCUT2D eigenvalue weighted by Crippen LogP contribution is -2.25. The highest BCUT2D eigenvalue weighted by Gasteiger charge is 2.24. The van der Waals surface area contributed by atoms with Gasteiger partial charge in [-0.1, -0.05) is 31.2 Å². The summed E-state index contributed by atoms with van der Waals surface area (Å²) in [5.74, 6) is 0.512. The number of rotatable bonds is 12. The van der Waals surface area contributed by atoms with Crippen molar-refractivity contribution in [3.05, 3.63) is 46.6 Å². The van der Waals surface area contributed by atoms with E-state index in [1.54, 1.807) is 22.3 Å². The fourth-order valence-corrected chi connectivity index (χ4v) is 5.52. The van der Waals surface area contributed by atoms with Crippen LogP contribution in [0.15, 0.2) is 46.6 Å². The first-order valence-electron chi connectivity index (χ1n) is 11.1. The monoisotopic (exact) mass is 418 g/mol.